The van der Waals surface area contributed by atoms with Crippen molar-refractivity contribution in [2.24, 2.45) is 0 Å². The molecule has 0 spiro atoms. The molecule has 0 saturated carbocycles. The Morgan fingerprint density at radius 1 is 1.45 bits per heavy atom. The number of nitrogens with zero attached hydrogens (tertiary/aromatic N) is 2. The Bertz CT molecular complexity index is 727. The summed E-state index contributed by atoms with van der Waals surface area (Å²) in [4.78, 5) is 16.3. The summed E-state index contributed by atoms with van der Waals surface area (Å²) in [5.74, 6) is 0.330. The fourth-order valence-corrected chi connectivity index (χ4v) is 2.78. The van der Waals surface area contributed by atoms with Gasteiger partial charge in [0.15, 0.2) is 5.82 Å². The number of thiophene rings is 1. The standard InChI is InChI=1S/C14H12N2O3S/c1-9(10-4-5-11(19-10)14(17)18)16-7-6-15-13(16)12-3-2-8-20-12/h2-9H,1H3,(H,17,18). The van der Waals surface area contributed by atoms with Gasteiger partial charge in [-0.25, -0.2) is 9.78 Å². The van der Waals surface area contributed by atoms with Crippen LogP contribution in [-0.2, 0) is 0 Å². The summed E-state index contributed by atoms with van der Waals surface area (Å²) in [5.41, 5.74) is 0. The summed E-state index contributed by atoms with van der Waals surface area (Å²) in [6, 6.07) is 7.00. The highest BCUT2D eigenvalue weighted by molar-refractivity contribution is 7.13. The SMILES string of the molecule is CC(c1ccc(C(=O)O)o1)n1ccnc1-c1cccs1. The molecule has 0 fully saturated rings. The van der Waals surface area contributed by atoms with E-state index in [9.17, 15) is 4.79 Å². The molecular weight excluding hydrogens is 276 g/mol. The van der Waals surface area contributed by atoms with Gasteiger partial charge in [0, 0.05) is 12.4 Å². The molecule has 0 saturated heterocycles. The highest BCUT2D eigenvalue weighted by atomic mass is 32.1. The van der Waals surface area contributed by atoms with Crippen molar-refractivity contribution in [3.8, 4) is 10.7 Å². The lowest BCUT2D eigenvalue weighted by Gasteiger charge is -2.13. The van der Waals surface area contributed by atoms with Crippen LogP contribution in [0.4, 0.5) is 0 Å². The number of aromatic nitrogens is 2. The van der Waals surface area contributed by atoms with Gasteiger partial charge < -0.3 is 14.1 Å². The fourth-order valence-electron chi connectivity index (χ4n) is 2.05. The summed E-state index contributed by atoms with van der Waals surface area (Å²) in [5, 5.41) is 10.9. The van der Waals surface area contributed by atoms with Crippen molar-refractivity contribution in [1.82, 2.24) is 9.55 Å². The second kappa shape index (κ2) is 4.97. The van der Waals surface area contributed by atoms with Crippen molar-refractivity contribution in [2.75, 3.05) is 0 Å². The molecule has 3 aromatic heterocycles. The van der Waals surface area contributed by atoms with Gasteiger partial charge in [-0.3, -0.25) is 0 Å². The first-order valence-electron chi connectivity index (χ1n) is 6.06. The number of hydrogen-bond donors (Lipinski definition) is 1. The Morgan fingerprint density at radius 3 is 2.95 bits per heavy atom. The molecule has 1 atom stereocenters. The molecule has 0 amide bonds. The van der Waals surface area contributed by atoms with Crippen LogP contribution in [0, 0.1) is 0 Å². The van der Waals surface area contributed by atoms with Crippen LogP contribution in [0.3, 0.4) is 0 Å². The summed E-state index contributed by atoms with van der Waals surface area (Å²) in [7, 11) is 0. The molecule has 5 nitrogen and oxygen atoms in total. The number of imidazole rings is 1. The number of aromatic carboxylic acids is 1. The maximum atomic E-state index is 10.9. The highest BCUT2D eigenvalue weighted by Crippen LogP contribution is 2.29. The van der Waals surface area contributed by atoms with Crippen LogP contribution in [-0.4, -0.2) is 20.6 Å². The summed E-state index contributed by atoms with van der Waals surface area (Å²) in [6.07, 6.45) is 3.59. The Kier molecular flexibility index (Phi) is 3.15. The number of hydrogen-bond acceptors (Lipinski definition) is 4. The van der Waals surface area contributed by atoms with E-state index in [0.717, 1.165) is 10.7 Å². The van der Waals surface area contributed by atoms with E-state index >= 15 is 0 Å². The number of carbonyl (C=O) groups is 1. The van der Waals surface area contributed by atoms with Crippen molar-refractivity contribution in [1.29, 1.82) is 0 Å². The van der Waals surface area contributed by atoms with E-state index < -0.39 is 5.97 Å². The lowest BCUT2D eigenvalue weighted by atomic mass is 10.2. The molecule has 3 aromatic rings. The number of furan rings is 1. The van der Waals surface area contributed by atoms with E-state index in [1.54, 1.807) is 23.6 Å². The zero-order valence-corrected chi connectivity index (χ0v) is 11.5. The summed E-state index contributed by atoms with van der Waals surface area (Å²) < 4.78 is 7.33. The Hall–Kier alpha value is -2.34. The largest absolute Gasteiger partial charge is 0.475 e. The Morgan fingerprint density at radius 2 is 2.30 bits per heavy atom. The molecule has 1 N–H and O–H groups in total. The van der Waals surface area contributed by atoms with Crippen LogP contribution < -0.4 is 0 Å². The van der Waals surface area contributed by atoms with Crippen molar-refractivity contribution in [2.45, 2.75) is 13.0 Å². The zero-order chi connectivity index (χ0) is 14.1. The molecule has 6 heteroatoms. The molecular formula is C14H12N2O3S. The molecule has 0 aromatic carbocycles. The first-order chi connectivity index (χ1) is 9.66. The number of rotatable bonds is 4. The number of carboxylic acids is 1. The van der Waals surface area contributed by atoms with Gasteiger partial charge in [-0.15, -0.1) is 11.3 Å². The quantitative estimate of drug-likeness (QED) is 0.797. The van der Waals surface area contributed by atoms with Gasteiger partial charge >= 0.3 is 5.97 Å². The third-order valence-electron chi connectivity index (χ3n) is 3.08. The molecule has 102 valence electrons. The Labute approximate surface area is 119 Å². The molecule has 0 bridgehead atoms. The summed E-state index contributed by atoms with van der Waals surface area (Å²) >= 11 is 1.61. The van der Waals surface area contributed by atoms with Gasteiger partial charge in [0.1, 0.15) is 5.76 Å². The fraction of sp³-hybridized carbons (Fsp3) is 0.143. The minimum absolute atomic E-state index is 0.0513. The summed E-state index contributed by atoms with van der Waals surface area (Å²) in [6.45, 7) is 1.95. The van der Waals surface area contributed by atoms with E-state index in [1.165, 1.54) is 6.07 Å². The third kappa shape index (κ3) is 2.14. The molecule has 3 rings (SSSR count). The predicted octanol–water partition coefficient (Wildman–Crippen LogP) is 3.51. The molecule has 0 aliphatic heterocycles. The molecule has 20 heavy (non-hydrogen) atoms. The molecule has 0 radical (unpaired) electrons. The van der Waals surface area contributed by atoms with Gasteiger partial charge in [0.2, 0.25) is 5.76 Å². The lowest BCUT2D eigenvalue weighted by Crippen LogP contribution is -2.06. The third-order valence-corrected chi connectivity index (χ3v) is 3.94. The van der Waals surface area contributed by atoms with Crippen LogP contribution in [0.15, 0.2) is 46.5 Å². The van der Waals surface area contributed by atoms with Crippen LogP contribution in [0.25, 0.3) is 10.7 Å². The first kappa shape index (κ1) is 12.7. The molecule has 0 aliphatic rings. The van der Waals surface area contributed by atoms with Gasteiger partial charge in [-0.05, 0) is 30.5 Å². The van der Waals surface area contributed by atoms with E-state index in [-0.39, 0.29) is 11.8 Å². The van der Waals surface area contributed by atoms with E-state index in [2.05, 4.69) is 4.98 Å². The monoisotopic (exact) mass is 288 g/mol. The van der Waals surface area contributed by atoms with Crippen LogP contribution in [0.5, 0.6) is 0 Å². The molecule has 1 unspecified atom stereocenters. The first-order valence-corrected chi connectivity index (χ1v) is 6.94. The zero-order valence-electron chi connectivity index (χ0n) is 10.7. The topological polar surface area (TPSA) is 68.3 Å². The van der Waals surface area contributed by atoms with Crippen molar-refractivity contribution >= 4 is 17.3 Å². The minimum Gasteiger partial charge on any atom is -0.475 e. The minimum atomic E-state index is -1.06. The normalized spacial score (nSPS) is 12.4. The lowest BCUT2D eigenvalue weighted by molar-refractivity contribution is 0.0659. The van der Waals surface area contributed by atoms with E-state index in [0.29, 0.717) is 5.76 Å². The predicted molar refractivity (Wildman–Crippen MR) is 75.0 cm³/mol. The van der Waals surface area contributed by atoms with Crippen molar-refractivity contribution in [3.05, 3.63) is 53.6 Å². The van der Waals surface area contributed by atoms with E-state index in [1.807, 2.05) is 35.2 Å². The maximum Gasteiger partial charge on any atom is 0.371 e. The van der Waals surface area contributed by atoms with Crippen LogP contribution in [0.1, 0.15) is 29.3 Å². The number of carboxylic acid groups (broad SMARTS) is 1. The Balaban J connectivity index is 1.96. The van der Waals surface area contributed by atoms with Crippen molar-refractivity contribution < 1.29 is 14.3 Å². The van der Waals surface area contributed by atoms with Gasteiger partial charge in [0.05, 0.1) is 10.9 Å². The van der Waals surface area contributed by atoms with Crippen molar-refractivity contribution in [3.63, 3.8) is 0 Å². The second-order valence-electron chi connectivity index (χ2n) is 4.32. The van der Waals surface area contributed by atoms with Crippen LogP contribution >= 0.6 is 11.3 Å². The van der Waals surface area contributed by atoms with Gasteiger partial charge in [-0.1, -0.05) is 6.07 Å². The average Bonchev–Trinajstić information content (AvgIpc) is 3.17. The van der Waals surface area contributed by atoms with Crippen LogP contribution in [0.2, 0.25) is 0 Å². The smallest absolute Gasteiger partial charge is 0.371 e. The van der Waals surface area contributed by atoms with Gasteiger partial charge in [0.25, 0.3) is 0 Å². The maximum absolute atomic E-state index is 10.9. The molecule has 0 aliphatic carbocycles. The molecule has 3 heterocycles. The average molecular weight is 288 g/mol. The van der Waals surface area contributed by atoms with E-state index in [4.69, 9.17) is 9.52 Å². The van der Waals surface area contributed by atoms with Gasteiger partial charge in [-0.2, -0.15) is 0 Å². The highest BCUT2D eigenvalue weighted by Gasteiger charge is 2.18. The second-order valence-corrected chi connectivity index (χ2v) is 5.27.